The van der Waals surface area contributed by atoms with E-state index in [2.05, 4.69) is 15.5 Å². The number of aromatic amines is 1. The Morgan fingerprint density at radius 3 is 2.67 bits per heavy atom. The lowest BCUT2D eigenvalue weighted by molar-refractivity contribution is -0.137. The molecule has 0 saturated carbocycles. The summed E-state index contributed by atoms with van der Waals surface area (Å²) in [5.41, 5.74) is -0.187. The fourth-order valence-corrected chi connectivity index (χ4v) is 3.83. The van der Waals surface area contributed by atoms with Crippen LogP contribution in [-0.2, 0) is 17.6 Å². The van der Waals surface area contributed by atoms with Crippen molar-refractivity contribution in [2.24, 2.45) is 0 Å². The molecule has 1 aliphatic rings. The number of benzene rings is 2. The number of hydrogen-bond acceptors (Lipinski definition) is 4. The van der Waals surface area contributed by atoms with E-state index < -0.39 is 29.6 Å². The molecular formula is C22H18F5N3O3. The van der Waals surface area contributed by atoms with Crippen LogP contribution in [0.4, 0.5) is 27.8 Å². The van der Waals surface area contributed by atoms with E-state index in [1.165, 1.54) is 7.11 Å². The molecule has 11 heteroatoms. The number of carbonyl (C=O) groups excluding carboxylic acids is 1. The molecule has 1 unspecified atom stereocenters. The van der Waals surface area contributed by atoms with Gasteiger partial charge in [-0.25, -0.2) is 8.78 Å². The van der Waals surface area contributed by atoms with E-state index in [4.69, 9.17) is 9.47 Å². The highest BCUT2D eigenvalue weighted by Gasteiger charge is 2.33. The molecule has 1 aromatic heterocycles. The average Bonchev–Trinajstić information content (AvgIpc) is 3.24. The number of methoxy groups -OCH3 is 1. The molecule has 4 rings (SSSR count). The minimum absolute atomic E-state index is 0.103. The van der Waals surface area contributed by atoms with Gasteiger partial charge in [0.25, 0.3) is 6.43 Å². The molecule has 0 bridgehead atoms. The summed E-state index contributed by atoms with van der Waals surface area (Å²) in [6, 6.07) is 7.03. The molecule has 1 aliphatic heterocycles. The van der Waals surface area contributed by atoms with Gasteiger partial charge in [0.05, 0.1) is 18.9 Å². The molecule has 0 radical (unpaired) electrons. The van der Waals surface area contributed by atoms with Gasteiger partial charge >= 0.3 is 6.18 Å². The first kappa shape index (κ1) is 22.6. The Balaban J connectivity index is 1.71. The standard InChI is InChI=1S/C22H18F5N3O3/c1-32-18-4-2-3-14(15-8-19(31)29-21-16(15)9-28-30-21)17(18)10-33-13-6-11(20(23)24)5-12(7-13)22(25,26)27/h2-7,9,15,20H,8,10H2,1H3,(H2,28,29,30,31). The zero-order chi connectivity index (χ0) is 23.8. The van der Waals surface area contributed by atoms with E-state index in [0.717, 1.165) is 11.6 Å². The number of alkyl halides is 5. The number of nitrogens with one attached hydrogen (secondary N) is 2. The lowest BCUT2D eigenvalue weighted by Crippen LogP contribution is -2.24. The van der Waals surface area contributed by atoms with Gasteiger partial charge in [0.1, 0.15) is 23.9 Å². The summed E-state index contributed by atoms with van der Waals surface area (Å²) in [6.45, 7) is -0.269. The Bertz CT molecular complexity index is 1180. The van der Waals surface area contributed by atoms with E-state index in [9.17, 15) is 26.7 Å². The van der Waals surface area contributed by atoms with Crippen molar-refractivity contribution in [3.63, 3.8) is 0 Å². The van der Waals surface area contributed by atoms with Crippen LogP contribution in [0.3, 0.4) is 0 Å². The van der Waals surface area contributed by atoms with Gasteiger partial charge in [-0.3, -0.25) is 9.89 Å². The molecule has 2 aromatic carbocycles. The number of nitrogens with zero attached hydrogens (tertiary/aromatic N) is 1. The number of amides is 1. The second-order valence-electron chi connectivity index (χ2n) is 7.41. The van der Waals surface area contributed by atoms with Crippen molar-refractivity contribution in [2.45, 2.75) is 31.5 Å². The Morgan fingerprint density at radius 2 is 1.97 bits per heavy atom. The zero-order valence-electron chi connectivity index (χ0n) is 17.2. The zero-order valence-corrected chi connectivity index (χ0v) is 17.2. The summed E-state index contributed by atoms with van der Waals surface area (Å²) in [4.78, 5) is 12.2. The van der Waals surface area contributed by atoms with Crippen molar-refractivity contribution in [1.82, 2.24) is 10.2 Å². The second-order valence-corrected chi connectivity index (χ2v) is 7.41. The van der Waals surface area contributed by atoms with Crippen molar-refractivity contribution in [2.75, 3.05) is 12.4 Å². The molecule has 33 heavy (non-hydrogen) atoms. The fraction of sp³-hybridized carbons (Fsp3) is 0.273. The monoisotopic (exact) mass is 467 g/mol. The van der Waals surface area contributed by atoms with Crippen LogP contribution in [0.1, 0.15) is 46.6 Å². The summed E-state index contributed by atoms with van der Waals surface area (Å²) in [5.74, 6) is -0.192. The number of rotatable bonds is 6. The number of fused-ring (bicyclic) bond motifs is 1. The van der Waals surface area contributed by atoms with E-state index >= 15 is 0 Å². The van der Waals surface area contributed by atoms with Gasteiger partial charge in [0, 0.05) is 29.0 Å². The third kappa shape index (κ3) is 4.62. The first-order valence-electron chi connectivity index (χ1n) is 9.79. The number of H-pyrrole nitrogens is 1. The van der Waals surface area contributed by atoms with Crippen molar-refractivity contribution >= 4 is 11.7 Å². The Labute approximate surface area is 184 Å². The summed E-state index contributed by atoms with van der Waals surface area (Å²) >= 11 is 0. The maximum absolute atomic E-state index is 13.2. The number of carbonyl (C=O) groups is 1. The van der Waals surface area contributed by atoms with Gasteiger partial charge in [-0.2, -0.15) is 18.3 Å². The molecule has 2 N–H and O–H groups in total. The summed E-state index contributed by atoms with van der Waals surface area (Å²) < 4.78 is 76.8. The van der Waals surface area contributed by atoms with Crippen LogP contribution in [0.15, 0.2) is 42.6 Å². The van der Waals surface area contributed by atoms with Crippen LogP contribution < -0.4 is 14.8 Å². The summed E-state index contributed by atoms with van der Waals surface area (Å²) in [5, 5.41) is 9.35. The van der Waals surface area contributed by atoms with Gasteiger partial charge in [-0.1, -0.05) is 12.1 Å². The number of hydrogen-bond donors (Lipinski definition) is 2. The molecule has 0 aliphatic carbocycles. The summed E-state index contributed by atoms with van der Waals surface area (Å²) in [7, 11) is 1.42. The highest BCUT2D eigenvalue weighted by atomic mass is 19.4. The smallest absolute Gasteiger partial charge is 0.416 e. The van der Waals surface area contributed by atoms with Crippen LogP contribution in [-0.4, -0.2) is 23.2 Å². The highest BCUT2D eigenvalue weighted by Crippen LogP contribution is 2.40. The van der Waals surface area contributed by atoms with Crippen molar-refractivity contribution in [3.05, 3.63) is 70.4 Å². The molecule has 6 nitrogen and oxygen atoms in total. The van der Waals surface area contributed by atoms with Crippen molar-refractivity contribution in [1.29, 1.82) is 0 Å². The van der Waals surface area contributed by atoms with Crippen LogP contribution in [0.5, 0.6) is 11.5 Å². The van der Waals surface area contributed by atoms with Gasteiger partial charge in [0.15, 0.2) is 0 Å². The van der Waals surface area contributed by atoms with Crippen LogP contribution in [0.2, 0.25) is 0 Å². The van der Waals surface area contributed by atoms with Crippen LogP contribution in [0, 0.1) is 0 Å². The predicted octanol–water partition coefficient (Wildman–Crippen LogP) is 5.43. The van der Waals surface area contributed by atoms with Gasteiger partial charge in [0.2, 0.25) is 5.91 Å². The topological polar surface area (TPSA) is 76.2 Å². The van der Waals surface area contributed by atoms with Gasteiger partial charge in [-0.15, -0.1) is 0 Å². The number of ether oxygens (including phenoxy) is 2. The SMILES string of the molecule is COc1cccc(C2CC(=O)Nc3[nH]ncc32)c1COc1cc(C(F)F)cc(C(F)(F)F)c1. The fourth-order valence-electron chi connectivity index (χ4n) is 3.83. The van der Waals surface area contributed by atoms with Gasteiger partial charge < -0.3 is 14.8 Å². The summed E-state index contributed by atoms with van der Waals surface area (Å²) in [6.07, 6.45) is -6.24. The van der Waals surface area contributed by atoms with E-state index in [1.54, 1.807) is 24.4 Å². The molecular weight excluding hydrogens is 449 g/mol. The Morgan fingerprint density at radius 1 is 1.18 bits per heavy atom. The first-order valence-corrected chi connectivity index (χ1v) is 9.79. The molecule has 0 saturated heterocycles. The largest absolute Gasteiger partial charge is 0.496 e. The maximum Gasteiger partial charge on any atom is 0.416 e. The third-order valence-electron chi connectivity index (χ3n) is 5.35. The third-order valence-corrected chi connectivity index (χ3v) is 5.35. The molecule has 3 aromatic rings. The second kappa shape index (κ2) is 8.72. The minimum atomic E-state index is -4.81. The predicted molar refractivity (Wildman–Crippen MR) is 107 cm³/mol. The molecule has 2 heterocycles. The number of halogens is 5. The molecule has 1 amide bonds. The van der Waals surface area contributed by atoms with Crippen LogP contribution in [0.25, 0.3) is 0 Å². The quantitative estimate of drug-likeness (QED) is 0.474. The van der Waals surface area contributed by atoms with Crippen molar-refractivity contribution in [3.8, 4) is 11.5 Å². The minimum Gasteiger partial charge on any atom is -0.496 e. The lowest BCUT2D eigenvalue weighted by Gasteiger charge is -2.25. The average molecular weight is 467 g/mol. The van der Waals surface area contributed by atoms with Crippen LogP contribution >= 0.6 is 0 Å². The van der Waals surface area contributed by atoms with E-state index in [-0.39, 0.29) is 24.7 Å². The lowest BCUT2D eigenvalue weighted by atomic mass is 9.84. The maximum atomic E-state index is 13.2. The Hall–Kier alpha value is -3.63. The van der Waals surface area contributed by atoms with Crippen molar-refractivity contribution < 1.29 is 36.2 Å². The van der Waals surface area contributed by atoms with Gasteiger partial charge in [-0.05, 0) is 29.8 Å². The molecule has 0 spiro atoms. The molecule has 1 atom stereocenters. The highest BCUT2D eigenvalue weighted by molar-refractivity contribution is 5.94. The molecule has 174 valence electrons. The Kier molecular flexibility index (Phi) is 5.96. The van der Waals surface area contributed by atoms with E-state index in [0.29, 0.717) is 34.8 Å². The molecule has 0 fully saturated rings. The number of aromatic nitrogens is 2. The normalized spacial score (nSPS) is 15.8. The number of anilines is 1. The first-order chi connectivity index (χ1) is 15.7. The van der Waals surface area contributed by atoms with E-state index in [1.807, 2.05) is 0 Å².